The molecular weight excluding hydrogens is 336 g/mol. The second kappa shape index (κ2) is 6.31. The molecule has 0 unspecified atom stereocenters. The lowest BCUT2D eigenvalue weighted by molar-refractivity contribution is -0.114. The predicted molar refractivity (Wildman–Crippen MR) is 91.1 cm³/mol. The van der Waals surface area contributed by atoms with Gasteiger partial charge in [0.05, 0.1) is 10.2 Å². The van der Waals surface area contributed by atoms with Gasteiger partial charge in [0.15, 0.2) is 5.13 Å². The van der Waals surface area contributed by atoms with Crippen molar-refractivity contribution in [1.29, 1.82) is 0 Å². The largest absolute Gasteiger partial charge is 0.326 e. The number of anilines is 2. The maximum absolute atomic E-state index is 12.2. The van der Waals surface area contributed by atoms with Crippen molar-refractivity contribution in [2.75, 3.05) is 10.6 Å². The Morgan fingerprint density at radius 2 is 2.00 bits per heavy atom. The van der Waals surface area contributed by atoms with Gasteiger partial charge in [0.2, 0.25) is 5.91 Å². The van der Waals surface area contributed by atoms with Crippen LogP contribution >= 0.6 is 22.9 Å². The van der Waals surface area contributed by atoms with Gasteiger partial charge in [-0.25, -0.2) is 9.97 Å². The summed E-state index contributed by atoms with van der Waals surface area (Å²) in [5.74, 6) is -0.451. The summed E-state index contributed by atoms with van der Waals surface area (Å²) in [5, 5.41) is 6.16. The summed E-state index contributed by atoms with van der Waals surface area (Å²) in [6.07, 6.45) is 1.47. The van der Waals surface area contributed by atoms with Crippen LogP contribution in [0.2, 0.25) is 5.15 Å². The molecule has 0 atom stereocenters. The summed E-state index contributed by atoms with van der Waals surface area (Å²) in [5.41, 5.74) is 1.84. The van der Waals surface area contributed by atoms with Gasteiger partial charge in [-0.15, -0.1) is 0 Å². The fraction of sp³-hybridized carbons (Fsp3) is 0.0667. The van der Waals surface area contributed by atoms with Crippen LogP contribution in [-0.2, 0) is 4.79 Å². The number of amides is 2. The molecule has 0 bridgehead atoms. The van der Waals surface area contributed by atoms with Crippen molar-refractivity contribution in [3.63, 3.8) is 0 Å². The summed E-state index contributed by atoms with van der Waals surface area (Å²) in [7, 11) is 0. The van der Waals surface area contributed by atoms with Gasteiger partial charge in [0.1, 0.15) is 5.15 Å². The number of hydrogen-bond acceptors (Lipinski definition) is 5. The van der Waals surface area contributed by atoms with Crippen LogP contribution in [0.4, 0.5) is 10.8 Å². The van der Waals surface area contributed by atoms with Gasteiger partial charge in [-0.2, -0.15) is 0 Å². The number of carbonyl (C=O) groups excluding carboxylic acids is 2. The van der Waals surface area contributed by atoms with Crippen molar-refractivity contribution in [1.82, 2.24) is 9.97 Å². The van der Waals surface area contributed by atoms with Gasteiger partial charge < -0.3 is 5.32 Å². The Hall–Kier alpha value is -2.51. The molecule has 2 heterocycles. The standard InChI is InChI=1S/C15H11ClN4O2S/c1-8(21)18-10-2-3-11-12(7-10)23-15(19-11)20-14(22)9-4-5-17-13(16)6-9/h2-7H,1H3,(H,18,21)(H,19,20,22). The third-order valence-electron chi connectivity index (χ3n) is 2.92. The van der Waals surface area contributed by atoms with Crippen molar-refractivity contribution >= 4 is 55.8 Å². The fourth-order valence-electron chi connectivity index (χ4n) is 1.97. The van der Waals surface area contributed by atoms with Crippen LogP contribution in [0.5, 0.6) is 0 Å². The Balaban J connectivity index is 1.83. The van der Waals surface area contributed by atoms with Crippen molar-refractivity contribution in [2.45, 2.75) is 6.92 Å². The number of rotatable bonds is 3. The first kappa shape index (κ1) is 15.4. The van der Waals surface area contributed by atoms with Gasteiger partial charge in [-0.05, 0) is 30.3 Å². The van der Waals surface area contributed by atoms with Crippen molar-refractivity contribution in [3.05, 3.63) is 47.2 Å². The van der Waals surface area contributed by atoms with E-state index < -0.39 is 0 Å². The minimum absolute atomic E-state index is 0.142. The predicted octanol–water partition coefficient (Wildman–Crippen LogP) is 3.56. The Bertz CT molecular complexity index is 909. The third-order valence-corrected chi connectivity index (χ3v) is 4.06. The zero-order valence-electron chi connectivity index (χ0n) is 12.0. The minimum Gasteiger partial charge on any atom is -0.326 e. The highest BCUT2D eigenvalue weighted by atomic mass is 35.5. The highest BCUT2D eigenvalue weighted by Crippen LogP contribution is 2.28. The van der Waals surface area contributed by atoms with E-state index in [9.17, 15) is 9.59 Å². The fourth-order valence-corrected chi connectivity index (χ4v) is 3.05. The number of aromatic nitrogens is 2. The van der Waals surface area contributed by atoms with E-state index in [1.54, 1.807) is 18.2 Å². The molecule has 2 amide bonds. The number of halogens is 1. The number of thiazole rings is 1. The normalized spacial score (nSPS) is 10.5. The van der Waals surface area contributed by atoms with Crippen LogP contribution in [0.1, 0.15) is 17.3 Å². The molecule has 0 spiro atoms. The summed E-state index contributed by atoms with van der Waals surface area (Å²) >= 11 is 7.10. The Morgan fingerprint density at radius 1 is 1.17 bits per heavy atom. The molecule has 0 radical (unpaired) electrons. The molecule has 2 N–H and O–H groups in total. The second-order valence-electron chi connectivity index (χ2n) is 4.70. The van der Waals surface area contributed by atoms with Gasteiger partial charge in [0.25, 0.3) is 5.91 Å². The summed E-state index contributed by atoms with van der Waals surface area (Å²) in [4.78, 5) is 31.4. The van der Waals surface area contributed by atoms with E-state index in [1.807, 2.05) is 6.07 Å². The van der Waals surface area contributed by atoms with E-state index in [-0.39, 0.29) is 17.0 Å². The third kappa shape index (κ3) is 3.64. The van der Waals surface area contributed by atoms with Crippen LogP contribution in [-0.4, -0.2) is 21.8 Å². The van der Waals surface area contributed by atoms with E-state index >= 15 is 0 Å². The number of hydrogen-bond donors (Lipinski definition) is 2. The molecule has 0 aliphatic rings. The SMILES string of the molecule is CC(=O)Nc1ccc2nc(NC(=O)c3ccnc(Cl)c3)sc2c1. The average Bonchev–Trinajstić information content (AvgIpc) is 2.88. The van der Waals surface area contributed by atoms with E-state index in [1.165, 1.54) is 30.5 Å². The maximum atomic E-state index is 12.2. The van der Waals surface area contributed by atoms with E-state index in [0.717, 1.165) is 10.2 Å². The number of benzene rings is 1. The molecule has 0 aliphatic heterocycles. The topological polar surface area (TPSA) is 84.0 Å². The van der Waals surface area contributed by atoms with E-state index in [4.69, 9.17) is 11.6 Å². The molecule has 8 heteroatoms. The monoisotopic (exact) mass is 346 g/mol. The molecule has 3 rings (SSSR count). The lowest BCUT2D eigenvalue weighted by Gasteiger charge is -2.01. The van der Waals surface area contributed by atoms with E-state index in [0.29, 0.717) is 16.4 Å². The highest BCUT2D eigenvalue weighted by molar-refractivity contribution is 7.22. The van der Waals surface area contributed by atoms with Crippen LogP contribution in [0.15, 0.2) is 36.5 Å². The van der Waals surface area contributed by atoms with Crippen LogP contribution < -0.4 is 10.6 Å². The van der Waals surface area contributed by atoms with Gasteiger partial charge >= 0.3 is 0 Å². The van der Waals surface area contributed by atoms with Crippen LogP contribution in [0.3, 0.4) is 0 Å². The first-order valence-corrected chi connectivity index (χ1v) is 7.82. The molecule has 3 aromatic rings. The molecule has 6 nitrogen and oxygen atoms in total. The van der Waals surface area contributed by atoms with Gasteiger partial charge in [0, 0.05) is 24.4 Å². The first-order valence-electron chi connectivity index (χ1n) is 6.62. The zero-order valence-corrected chi connectivity index (χ0v) is 13.5. The summed E-state index contributed by atoms with van der Waals surface area (Å²) in [6, 6.07) is 8.42. The van der Waals surface area contributed by atoms with Crippen molar-refractivity contribution in [2.24, 2.45) is 0 Å². The van der Waals surface area contributed by atoms with Crippen LogP contribution in [0.25, 0.3) is 10.2 Å². The number of carbonyl (C=O) groups is 2. The lowest BCUT2D eigenvalue weighted by atomic mass is 10.2. The highest BCUT2D eigenvalue weighted by Gasteiger charge is 2.11. The summed E-state index contributed by atoms with van der Waals surface area (Å²) in [6.45, 7) is 1.45. The molecule has 23 heavy (non-hydrogen) atoms. The van der Waals surface area contributed by atoms with Crippen molar-refractivity contribution in [3.8, 4) is 0 Å². The van der Waals surface area contributed by atoms with Crippen LogP contribution in [0, 0.1) is 0 Å². The molecule has 1 aromatic carbocycles. The number of pyridine rings is 1. The van der Waals surface area contributed by atoms with Gasteiger partial charge in [-0.1, -0.05) is 22.9 Å². The number of nitrogens with one attached hydrogen (secondary N) is 2. The molecular formula is C15H11ClN4O2S. The first-order chi connectivity index (χ1) is 11.0. The number of nitrogens with zero attached hydrogens (tertiary/aromatic N) is 2. The second-order valence-corrected chi connectivity index (χ2v) is 6.12. The molecule has 116 valence electrons. The lowest BCUT2D eigenvalue weighted by Crippen LogP contribution is -2.11. The Labute approximate surface area is 140 Å². The van der Waals surface area contributed by atoms with E-state index in [2.05, 4.69) is 20.6 Å². The van der Waals surface area contributed by atoms with Gasteiger partial charge in [-0.3, -0.25) is 14.9 Å². The molecule has 0 aliphatic carbocycles. The quantitative estimate of drug-likeness (QED) is 0.710. The average molecular weight is 347 g/mol. The zero-order chi connectivity index (χ0) is 16.4. The maximum Gasteiger partial charge on any atom is 0.257 e. The van der Waals surface area contributed by atoms with Crippen molar-refractivity contribution < 1.29 is 9.59 Å². The Kier molecular flexibility index (Phi) is 4.22. The molecule has 0 saturated heterocycles. The Morgan fingerprint density at radius 3 is 2.74 bits per heavy atom. The smallest absolute Gasteiger partial charge is 0.257 e. The molecule has 0 fully saturated rings. The molecule has 0 saturated carbocycles. The summed E-state index contributed by atoms with van der Waals surface area (Å²) < 4.78 is 0.860. The number of fused-ring (bicyclic) bond motifs is 1. The minimum atomic E-state index is -0.310. The molecule has 2 aromatic heterocycles.